The van der Waals surface area contributed by atoms with Crippen LogP contribution in [-0.4, -0.2) is 17.4 Å². The summed E-state index contributed by atoms with van der Waals surface area (Å²) in [5.41, 5.74) is 3.66. The van der Waals surface area contributed by atoms with E-state index in [9.17, 15) is 10.0 Å². The number of H-pyrrole nitrogens is 1. The van der Waals surface area contributed by atoms with Crippen LogP contribution in [0.1, 0.15) is 27.4 Å². The summed E-state index contributed by atoms with van der Waals surface area (Å²) in [4.78, 5) is 15.8. The first-order valence-corrected chi connectivity index (χ1v) is 8.80. The Morgan fingerprint density at radius 1 is 1.04 bits per heavy atom. The Hall–Kier alpha value is -3.60. The lowest BCUT2D eigenvalue weighted by Crippen LogP contribution is -2.32. The smallest absolute Gasteiger partial charge is 0.257 e. The van der Waals surface area contributed by atoms with Crippen molar-refractivity contribution < 1.29 is 9.52 Å². The molecule has 2 heterocycles. The molecule has 0 aliphatic heterocycles. The number of benzene rings is 2. The van der Waals surface area contributed by atoms with Gasteiger partial charge in [0, 0.05) is 35.6 Å². The molecule has 0 aliphatic carbocycles. The van der Waals surface area contributed by atoms with E-state index < -0.39 is 0 Å². The van der Waals surface area contributed by atoms with Crippen molar-refractivity contribution in [3.8, 4) is 0 Å². The minimum Gasteiger partial charge on any atom is -0.619 e. The third-order valence-corrected chi connectivity index (χ3v) is 4.70. The molecule has 2 aromatic carbocycles. The summed E-state index contributed by atoms with van der Waals surface area (Å²) in [6.45, 7) is 0.429. The second-order valence-electron chi connectivity index (χ2n) is 6.42. The van der Waals surface area contributed by atoms with Gasteiger partial charge in [0.25, 0.3) is 5.91 Å². The summed E-state index contributed by atoms with van der Waals surface area (Å²) in [7, 11) is 0. The van der Waals surface area contributed by atoms with Crippen molar-refractivity contribution in [1.29, 1.82) is 0 Å². The molecule has 134 valence electrons. The topological polar surface area (TPSA) is 71.8 Å². The van der Waals surface area contributed by atoms with Gasteiger partial charge in [-0.2, -0.15) is 4.73 Å². The maximum atomic E-state index is 12.5. The van der Waals surface area contributed by atoms with Crippen molar-refractivity contribution in [3.05, 3.63) is 107 Å². The zero-order chi connectivity index (χ0) is 18.6. The summed E-state index contributed by atoms with van der Waals surface area (Å²) in [6.07, 6.45) is 4.64. The molecule has 1 atom stereocenters. The predicted molar refractivity (Wildman–Crippen MR) is 104 cm³/mol. The Labute approximate surface area is 156 Å². The molecule has 0 saturated carbocycles. The standard InChI is InChI=1S/C22H19N3O2/c26-22(17-9-6-12-25(27)15-17)24-13-19(16-7-2-1-3-8-16)20-14-23-21-11-5-4-10-18(20)21/h1-12,14-15,19,23H,13H2,(H,24,26)/t19-/m0/s1. The minimum absolute atomic E-state index is 0.00520. The molecule has 0 aliphatic rings. The van der Waals surface area contributed by atoms with Crippen LogP contribution in [0.3, 0.4) is 0 Å². The lowest BCUT2D eigenvalue weighted by molar-refractivity contribution is -0.605. The van der Waals surface area contributed by atoms with Crippen molar-refractivity contribution in [2.75, 3.05) is 6.54 Å². The highest BCUT2D eigenvalue weighted by Gasteiger charge is 2.19. The number of nitrogens with zero attached hydrogens (tertiary/aromatic N) is 1. The van der Waals surface area contributed by atoms with Crippen molar-refractivity contribution in [3.63, 3.8) is 0 Å². The second-order valence-corrected chi connectivity index (χ2v) is 6.42. The lowest BCUT2D eigenvalue weighted by atomic mass is 9.91. The number of rotatable bonds is 5. The zero-order valence-corrected chi connectivity index (χ0v) is 14.6. The van der Waals surface area contributed by atoms with Crippen LogP contribution < -0.4 is 10.0 Å². The Morgan fingerprint density at radius 2 is 1.81 bits per heavy atom. The molecule has 5 nitrogen and oxygen atoms in total. The Kier molecular flexibility index (Phi) is 4.58. The maximum absolute atomic E-state index is 12.5. The van der Waals surface area contributed by atoms with E-state index in [4.69, 9.17) is 0 Å². The van der Waals surface area contributed by atoms with Gasteiger partial charge >= 0.3 is 0 Å². The molecule has 4 aromatic rings. The minimum atomic E-state index is -0.263. The highest BCUT2D eigenvalue weighted by atomic mass is 16.5. The molecule has 0 unspecified atom stereocenters. The van der Waals surface area contributed by atoms with Gasteiger partial charge < -0.3 is 15.5 Å². The second kappa shape index (κ2) is 7.33. The van der Waals surface area contributed by atoms with E-state index in [1.54, 1.807) is 12.1 Å². The van der Waals surface area contributed by atoms with Crippen LogP contribution in [0.15, 0.2) is 85.3 Å². The summed E-state index contributed by atoms with van der Waals surface area (Å²) >= 11 is 0. The summed E-state index contributed by atoms with van der Waals surface area (Å²) in [5.74, 6) is -0.268. The van der Waals surface area contributed by atoms with Gasteiger partial charge in [0.1, 0.15) is 5.56 Å². The number of para-hydroxylation sites is 1. The number of carbonyl (C=O) groups is 1. The van der Waals surface area contributed by atoms with Gasteiger partial charge in [0.2, 0.25) is 0 Å². The van der Waals surface area contributed by atoms with E-state index in [1.807, 2.05) is 42.6 Å². The number of nitrogens with one attached hydrogen (secondary N) is 2. The molecule has 0 spiro atoms. The first-order chi connectivity index (χ1) is 13.2. The molecule has 2 N–H and O–H groups in total. The van der Waals surface area contributed by atoms with Gasteiger partial charge in [0.05, 0.1) is 0 Å². The van der Waals surface area contributed by atoms with Gasteiger partial charge in [-0.3, -0.25) is 4.79 Å². The first-order valence-electron chi connectivity index (χ1n) is 8.80. The SMILES string of the molecule is O=C(NC[C@@H](c1ccccc1)c1c[nH]c2ccccc12)c1ccc[n+]([O-])c1. The molecule has 27 heavy (non-hydrogen) atoms. The molecule has 0 radical (unpaired) electrons. The molecule has 4 rings (SSSR count). The van der Waals surface area contributed by atoms with Gasteiger partial charge in [-0.1, -0.05) is 48.5 Å². The number of carbonyl (C=O) groups excluding carboxylic acids is 1. The number of hydrogen-bond donors (Lipinski definition) is 2. The van der Waals surface area contributed by atoms with Crippen molar-refractivity contribution in [1.82, 2.24) is 10.3 Å². The Bertz CT molecular complexity index is 1070. The monoisotopic (exact) mass is 357 g/mol. The summed E-state index contributed by atoms with van der Waals surface area (Å²) in [5, 5.41) is 15.5. The van der Waals surface area contributed by atoms with Gasteiger partial charge in [-0.05, 0) is 23.3 Å². The molecule has 0 fully saturated rings. The largest absolute Gasteiger partial charge is 0.619 e. The molecule has 1 amide bonds. The normalized spacial score (nSPS) is 12.0. The number of hydrogen-bond acceptors (Lipinski definition) is 2. The fourth-order valence-electron chi connectivity index (χ4n) is 3.36. The van der Waals surface area contributed by atoms with Gasteiger partial charge in [0.15, 0.2) is 12.4 Å². The third kappa shape index (κ3) is 3.53. The summed E-state index contributed by atoms with van der Waals surface area (Å²) in [6, 6.07) is 21.4. The van der Waals surface area contributed by atoms with Gasteiger partial charge in [-0.25, -0.2) is 0 Å². The summed E-state index contributed by atoms with van der Waals surface area (Å²) < 4.78 is 0.628. The van der Waals surface area contributed by atoms with Crippen LogP contribution in [0.2, 0.25) is 0 Å². The average molecular weight is 357 g/mol. The highest BCUT2D eigenvalue weighted by Crippen LogP contribution is 2.30. The van der Waals surface area contributed by atoms with E-state index in [0.717, 1.165) is 22.0 Å². The fourth-order valence-corrected chi connectivity index (χ4v) is 3.36. The highest BCUT2D eigenvalue weighted by molar-refractivity contribution is 5.93. The van der Waals surface area contributed by atoms with E-state index in [-0.39, 0.29) is 11.8 Å². The Morgan fingerprint density at radius 3 is 2.63 bits per heavy atom. The molecular formula is C22H19N3O2. The number of amides is 1. The van der Waals surface area contributed by atoms with E-state index in [0.29, 0.717) is 16.8 Å². The predicted octanol–water partition coefficient (Wildman–Crippen LogP) is 3.36. The fraction of sp³-hybridized carbons (Fsp3) is 0.0909. The molecule has 5 heteroatoms. The molecule has 0 saturated heterocycles. The van der Waals surface area contributed by atoms with Gasteiger partial charge in [-0.15, -0.1) is 0 Å². The quantitative estimate of drug-likeness (QED) is 0.425. The van der Waals surface area contributed by atoms with Crippen molar-refractivity contribution >= 4 is 16.8 Å². The van der Waals surface area contributed by atoms with Crippen LogP contribution in [0.4, 0.5) is 0 Å². The van der Waals surface area contributed by atoms with Crippen LogP contribution in [0.5, 0.6) is 0 Å². The van der Waals surface area contributed by atoms with E-state index >= 15 is 0 Å². The average Bonchev–Trinajstić information content (AvgIpc) is 3.13. The van der Waals surface area contributed by atoms with E-state index in [2.05, 4.69) is 28.5 Å². The van der Waals surface area contributed by atoms with Crippen LogP contribution >= 0.6 is 0 Å². The van der Waals surface area contributed by atoms with Crippen LogP contribution in [0, 0.1) is 5.21 Å². The lowest BCUT2D eigenvalue weighted by Gasteiger charge is -2.18. The zero-order valence-electron chi connectivity index (χ0n) is 14.6. The van der Waals surface area contributed by atoms with E-state index in [1.165, 1.54) is 12.4 Å². The Balaban J connectivity index is 1.64. The molecular weight excluding hydrogens is 338 g/mol. The third-order valence-electron chi connectivity index (χ3n) is 4.70. The number of pyridine rings is 1. The van der Waals surface area contributed by atoms with Crippen molar-refractivity contribution in [2.45, 2.75) is 5.92 Å². The first kappa shape index (κ1) is 16.8. The number of aromatic amines is 1. The van der Waals surface area contributed by atoms with Crippen LogP contribution in [-0.2, 0) is 0 Å². The molecule has 2 aromatic heterocycles. The van der Waals surface area contributed by atoms with Crippen molar-refractivity contribution in [2.24, 2.45) is 0 Å². The number of fused-ring (bicyclic) bond motifs is 1. The van der Waals surface area contributed by atoms with Crippen LogP contribution in [0.25, 0.3) is 10.9 Å². The molecule has 0 bridgehead atoms. The number of aromatic nitrogens is 2. The maximum Gasteiger partial charge on any atom is 0.257 e.